The van der Waals surface area contributed by atoms with E-state index in [0.717, 1.165) is 34.6 Å². The first-order valence-corrected chi connectivity index (χ1v) is 8.20. The van der Waals surface area contributed by atoms with Gasteiger partial charge in [0, 0.05) is 11.3 Å². The molecule has 0 radical (unpaired) electrons. The lowest BCUT2D eigenvalue weighted by molar-refractivity contribution is -0.138. The summed E-state index contributed by atoms with van der Waals surface area (Å²) in [7, 11) is 0. The smallest absolute Gasteiger partial charge is 0.334 e. The second-order valence-corrected chi connectivity index (χ2v) is 5.58. The van der Waals surface area contributed by atoms with Crippen molar-refractivity contribution in [3.8, 4) is 0 Å². The van der Waals surface area contributed by atoms with Crippen molar-refractivity contribution in [1.82, 2.24) is 5.32 Å². The highest BCUT2D eigenvalue weighted by molar-refractivity contribution is 6.00. The van der Waals surface area contributed by atoms with Gasteiger partial charge in [0.2, 0.25) is 0 Å². The van der Waals surface area contributed by atoms with E-state index in [9.17, 15) is 4.79 Å². The number of hydrogen-bond acceptors (Lipinski definition) is 4. The molecule has 0 atom stereocenters. The van der Waals surface area contributed by atoms with Crippen LogP contribution in [0.25, 0.3) is 5.57 Å². The Bertz CT molecular complexity index is 742. The summed E-state index contributed by atoms with van der Waals surface area (Å²) in [5.74, 6) is 0.662. The van der Waals surface area contributed by atoms with E-state index in [0.29, 0.717) is 19.6 Å². The Kier molecular flexibility index (Phi) is 5.16. The summed E-state index contributed by atoms with van der Waals surface area (Å²) in [4.78, 5) is 12.3. The van der Waals surface area contributed by atoms with Gasteiger partial charge >= 0.3 is 5.97 Å². The van der Waals surface area contributed by atoms with Gasteiger partial charge in [-0.25, -0.2) is 4.79 Å². The molecule has 1 heterocycles. The fraction of sp³-hybridized carbons (Fsp3) is 0.250. The molecule has 1 aliphatic carbocycles. The first kappa shape index (κ1) is 16.1. The lowest BCUT2D eigenvalue weighted by Crippen LogP contribution is -2.18. The third-order valence-electron chi connectivity index (χ3n) is 3.96. The molecular formula is C20H21NO3. The van der Waals surface area contributed by atoms with Crippen LogP contribution in [0.4, 0.5) is 0 Å². The molecule has 124 valence electrons. The van der Waals surface area contributed by atoms with Crippen LogP contribution in [-0.4, -0.2) is 12.6 Å². The van der Waals surface area contributed by atoms with Crippen molar-refractivity contribution in [2.75, 3.05) is 6.61 Å². The maximum absolute atomic E-state index is 12.3. The Morgan fingerprint density at radius 3 is 2.71 bits per heavy atom. The van der Waals surface area contributed by atoms with Gasteiger partial charge in [0.15, 0.2) is 0 Å². The van der Waals surface area contributed by atoms with E-state index in [2.05, 4.69) is 5.32 Å². The number of esters is 1. The highest BCUT2D eigenvalue weighted by Gasteiger charge is 2.21. The first-order valence-electron chi connectivity index (χ1n) is 8.20. The predicted molar refractivity (Wildman–Crippen MR) is 92.9 cm³/mol. The molecule has 0 spiro atoms. The molecular weight excluding hydrogens is 302 g/mol. The topological polar surface area (TPSA) is 51.5 Å². The van der Waals surface area contributed by atoms with Crippen molar-refractivity contribution in [3.05, 3.63) is 77.4 Å². The van der Waals surface area contributed by atoms with Crippen molar-refractivity contribution in [1.29, 1.82) is 0 Å². The quantitative estimate of drug-likeness (QED) is 0.814. The van der Waals surface area contributed by atoms with E-state index < -0.39 is 0 Å². The predicted octanol–water partition coefficient (Wildman–Crippen LogP) is 4.06. The number of carbonyl (C=O) groups excluding carboxylic acids is 1. The molecule has 0 bridgehead atoms. The van der Waals surface area contributed by atoms with E-state index in [4.69, 9.17) is 9.15 Å². The summed E-state index contributed by atoms with van der Waals surface area (Å²) >= 11 is 0. The molecule has 0 aliphatic heterocycles. The van der Waals surface area contributed by atoms with Crippen LogP contribution in [0.15, 0.2) is 70.5 Å². The van der Waals surface area contributed by atoms with E-state index in [1.54, 1.807) is 6.26 Å². The highest BCUT2D eigenvalue weighted by Crippen LogP contribution is 2.31. The van der Waals surface area contributed by atoms with Crippen LogP contribution in [0, 0.1) is 0 Å². The third-order valence-corrected chi connectivity index (χ3v) is 3.96. The number of hydrogen-bond donors (Lipinski definition) is 1. The minimum absolute atomic E-state index is 0.224. The number of ether oxygens (including phenoxy) is 1. The standard InChI is InChI=1S/C20H21NO3/c1-2-23-20(22)18-11-10-16(21-14-17-9-6-12-24-17)13-19(18)15-7-4-3-5-8-15/h3-9,12-13,21H,2,10-11,14H2,1H3. The van der Waals surface area contributed by atoms with E-state index >= 15 is 0 Å². The van der Waals surface area contributed by atoms with Gasteiger partial charge in [0.05, 0.1) is 19.4 Å². The minimum atomic E-state index is -0.224. The maximum Gasteiger partial charge on any atom is 0.334 e. The van der Waals surface area contributed by atoms with Crippen LogP contribution < -0.4 is 5.32 Å². The minimum Gasteiger partial charge on any atom is -0.467 e. The molecule has 2 aromatic rings. The molecule has 1 aromatic carbocycles. The van der Waals surface area contributed by atoms with Crippen LogP contribution in [-0.2, 0) is 16.1 Å². The normalized spacial score (nSPS) is 14.3. The molecule has 24 heavy (non-hydrogen) atoms. The van der Waals surface area contributed by atoms with Crippen molar-refractivity contribution in [3.63, 3.8) is 0 Å². The molecule has 0 saturated heterocycles. The van der Waals surface area contributed by atoms with Gasteiger partial charge in [-0.05, 0) is 49.1 Å². The average Bonchev–Trinajstić information content (AvgIpc) is 3.14. The maximum atomic E-state index is 12.3. The van der Waals surface area contributed by atoms with Gasteiger partial charge in [0.1, 0.15) is 5.76 Å². The Morgan fingerprint density at radius 1 is 1.17 bits per heavy atom. The van der Waals surface area contributed by atoms with Crippen LogP contribution in [0.2, 0.25) is 0 Å². The van der Waals surface area contributed by atoms with Crippen LogP contribution in [0.5, 0.6) is 0 Å². The second kappa shape index (κ2) is 7.68. The van der Waals surface area contributed by atoms with Crippen molar-refractivity contribution in [2.24, 2.45) is 0 Å². The van der Waals surface area contributed by atoms with Gasteiger partial charge in [0.25, 0.3) is 0 Å². The average molecular weight is 323 g/mol. The van der Waals surface area contributed by atoms with Crippen molar-refractivity contribution in [2.45, 2.75) is 26.3 Å². The van der Waals surface area contributed by atoms with Crippen LogP contribution in [0.1, 0.15) is 31.1 Å². The van der Waals surface area contributed by atoms with Crippen molar-refractivity contribution >= 4 is 11.5 Å². The summed E-state index contributed by atoms with van der Waals surface area (Å²) in [6.07, 6.45) is 5.17. The van der Waals surface area contributed by atoms with E-state index in [1.165, 1.54) is 0 Å². The van der Waals surface area contributed by atoms with Crippen LogP contribution >= 0.6 is 0 Å². The number of nitrogens with one attached hydrogen (secondary N) is 1. The van der Waals surface area contributed by atoms with Gasteiger partial charge in [-0.1, -0.05) is 30.3 Å². The zero-order valence-electron chi connectivity index (χ0n) is 13.7. The summed E-state index contributed by atoms with van der Waals surface area (Å²) in [6.45, 7) is 2.85. The Morgan fingerprint density at radius 2 is 2.00 bits per heavy atom. The molecule has 1 aliphatic rings. The first-order chi connectivity index (χ1) is 11.8. The fourth-order valence-electron chi connectivity index (χ4n) is 2.79. The lowest BCUT2D eigenvalue weighted by Gasteiger charge is -2.20. The van der Waals surface area contributed by atoms with Gasteiger partial charge in [-0.15, -0.1) is 0 Å². The molecule has 0 fully saturated rings. The van der Waals surface area contributed by atoms with Gasteiger partial charge < -0.3 is 14.5 Å². The molecule has 0 amide bonds. The Labute approximate surface area is 141 Å². The lowest BCUT2D eigenvalue weighted by atomic mass is 9.90. The molecule has 0 saturated carbocycles. The number of allylic oxidation sites excluding steroid dienone is 3. The van der Waals surface area contributed by atoms with Crippen molar-refractivity contribution < 1.29 is 13.9 Å². The number of rotatable bonds is 6. The number of carbonyl (C=O) groups is 1. The van der Waals surface area contributed by atoms with Gasteiger partial charge in [-0.3, -0.25) is 0 Å². The summed E-state index contributed by atoms with van der Waals surface area (Å²) in [6, 6.07) is 13.8. The highest BCUT2D eigenvalue weighted by atomic mass is 16.5. The van der Waals surface area contributed by atoms with Crippen LogP contribution in [0.3, 0.4) is 0 Å². The second-order valence-electron chi connectivity index (χ2n) is 5.58. The number of furan rings is 1. The number of benzene rings is 1. The summed E-state index contributed by atoms with van der Waals surface area (Å²) in [5, 5.41) is 3.40. The molecule has 4 heteroatoms. The fourth-order valence-corrected chi connectivity index (χ4v) is 2.79. The molecule has 0 unspecified atom stereocenters. The zero-order valence-corrected chi connectivity index (χ0v) is 13.7. The molecule has 3 rings (SSSR count). The Hall–Kier alpha value is -2.75. The summed E-state index contributed by atoms with van der Waals surface area (Å²) in [5.41, 5.74) is 3.80. The molecule has 4 nitrogen and oxygen atoms in total. The monoisotopic (exact) mass is 323 g/mol. The molecule has 1 aromatic heterocycles. The SMILES string of the molecule is CCOC(=O)C1=C(c2ccccc2)C=C(NCc2ccco2)CC1. The van der Waals surface area contributed by atoms with E-state index in [1.807, 2.05) is 55.5 Å². The zero-order chi connectivity index (χ0) is 16.8. The third kappa shape index (κ3) is 3.77. The van der Waals surface area contributed by atoms with Gasteiger partial charge in [-0.2, -0.15) is 0 Å². The van der Waals surface area contributed by atoms with E-state index in [-0.39, 0.29) is 5.97 Å². The Balaban J connectivity index is 1.86. The largest absolute Gasteiger partial charge is 0.467 e. The molecule has 1 N–H and O–H groups in total. The summed E-state index contributed by atoms with van der Waals surface area (Å²) < 4.78 is 10.6.